The highest BCUT2D eigenvalue weighted by Crippen LogP contribution is 2.35. The van der Waals surface area contributed by atoms with E-state index in [4.69, 9.17) is 15.8 Å². The number of aryl methyl sites for hydroxylation is 1. The second-order valence-corrected chi connectivity index (χ2v) is 8.16. The number of nitriles is 1. The van der Waals surface area contributed by atoms with Crippen molar-refractivity contribution in [2.24, 2.45) is 5.73 Å². The molecule has 3 heterocycles. The van der Waals surface area contributed by atoms with Crippen molar-refractivity contribution in [3.8, 4) is 23.0 Å². The average Bonchev–Trinajstić information content (AvgIpc) is 3.19. The van der Waals surface area contributed by atoms with Crippen LogP contribution in [-0.2, 0) is 0 Å². The SMILES string of the molecule is Cc1ccc(-n2nc3c(N4CCC[C@@H](N)C4)nccc3c2-c2ccc(C#N)cc2)cc1. The second kappa shape index (κ2) is 7.86. The van der Waals surface area contributed by atoms with E-state index < -0.39 is 0 Å². The lowest BCUT2D eigenvalue weighted by Crippen LogP contribution is -2.43. The van der Waals surface area contributed by atoms with Crippen molar-refractivity contribution >= 4 is 16.7 Å². The summed E-state index contributed by atoms with van der Waals surface area (Å²) in [6.45, 7) is 3.80. The number of hydrogen-bond donors (Lipinski definition) is 1. The number of piperidine rings is 1. The van der Waals surface area contributed by atoms with Gasteiger partial charge in [0.2, 0.25) is 0 Å². The summed E-state index contributed by atoms with van der Waals surface area (Å²) in [6.07, 6.45) is 3.95. The molecule has 2 aromatic carbocycles. The molecule has 2 N–H and O–H groups in total. The molecule has 31 heavy (non-hydrogen) atoms. The molecule has 6 nitrogen and oxygen atoms in total. The molecule has 2 aromatic heterocycles. The lowest BCUT2D eigenvalue weighted by atomic mass is 10.0. The molecule has 1 fully saturated rings. The van der Waals surface area contributed by atoms with Crippen LogP contribution in [0.15, 0.2) is 60.8 Å². The Labute approximate surface area is 181 Å². The summed E-state index contributed by atoms with van der Waals surface area (Å²) in [4.78, 5) is 6.96. The predicted octanol–water partition coefficient (Wildman–Crippen LogP) is 4.20. The molecule has 0 unspecified atom stereocenters. The van der Waals surface area contributed by atoms with E-state index in [1.807, 2.05) is 41.2 Å². The van der Waals surface area contributed by atoms with Gasteiger partial charge in [0.1, 0.15) is 5.52 Å². The summed E-state index contributed by atoms with van der Waals surface area (Å²) in [5, 5.41) is 15.3. The van der Waals surface area contributed by atoms with Crippen LogP contribution in [0.4, 0.5) is 5.82 Å². The van der Waals surface area contributed by atoms with Gasteiger partial charge >= 0.3 is 0 Å². The molecule has 0 spiro atoms. The minimum absolute atomic E-state index is 0.156. The third-order valence-electron chi connectivity index (χ3n) is 5.90. The summed E-state index contributed by atoms with van der Waals surface area (Å²) >= 11 is 0. The van der Waals surface area contributed by atoms with Gasteiger partial charge < -0.3 is 10.6 Å². The standard InChI is InChI=1S/C25H24N6/c1-17-4-10-21(11-5-17)31-24(19-8-6-18(15-26)7-9-19)22-12-13-28-25(23(22)29-31)30-14-2-3-20(27)16-30/h4-13,20H,2-3,14,16,27H2,1H3/t20-/m1/s1. The molecular weight excluding hydrogens is 384 g/mol. The first-order valence-corrected chi connectivity index (χ1v) is 10.6. The van der Waals surface area contributed by atoms with Crippen molar-refractivity contribution in [2.75, 3.05) is 18.0 Å². The number of benzene rings is 2. The third-order valence-corrected chi connectivity index (χ3v) is 5.90. The molecule has 0 radical (unpaired) electrons. The maximum atomic E-state index is 9.20. The van der Waals surface area contributed by atoms with Crippen LogP contribution in [0.1, 0.15) is 24.0 Å². The van der Waals surface area contributed by atoms with E-state index in [1.165, 1.54) is 5.56 Å². The van der Waals surface area contributed by atoms with E-state index in [0.29, 0.717) is 5.56 Å². The molecular formula is C25H24N6. The number of anilines is 1. The molecule has 1 aliphatic rings. The third kappa shape index (κ3) is 3.54. The van der Waals surface area contributed by atoms with Gasteiger partial charge in [0.15, 0.2) is 5.82 Å². The number of aromatic nitrogens is 3. The van der Waals surface area contributed by atoms with E-state index in [-0.39, 0.29) is 6.04 Å². The summed E-state index contributed by atoms with van der Waals surface area (Å²) in [7, 11) is 0. The summed E-state index contributed by atoms with van der Waals surface area (Å²) < 4.78 is 1.99. The van der Waals surface area contributed by atoms with Gasteiger partial charge in [-0.05, 0) is 50.1 Å². The maximum Gasteiger partial charge on any atom is 0.157 e. The van der Waals surface area contributed by atoms with Crippen LogP contribution in [0.5, 0.6) is 0 Å². The fourth-order valence-corrected chi connectivity index (χ4v) is 4.28. The van der Waals surface area contributed by atoms with Crippen LogP contribution in [0, 0.1) is 18.3 Å². The number of hydrogen-bond acceptors (Lipinski definition) is 5. The first-order valence-electron chi connectivity index (χ1n) is 10.6. The Morgan fingerprint density at radius 2 is 1.84 bits per heavy atom. The van der Waals surface area contributed by atoms with E-state index >= 15 is 0 Å². The molecule has 1 saturated heterocycles. The number of pyridine rings is 1. The maximum absolute atomic E-state index is 9.20. The zero-order chi connectivity index (χ0) is 21.4. The number of fused-ring (bicyclic) bond motifs is 1. The zero-order valence-electron chi connectivity index (χ0n) is 17.5. The minimum Gasteiger partial charge on any atom is -0.353 e. The van der Waals surface area contributed by atoms with E-state index in [9.17, 15) is 5.26 Å². The number of nitrogens with two attached hydrogens (primary N) is 1. The van der Waals surface area contributed by atoms with Crippen molar-refractivity contribution in [1.82, 2.24) is 14.8 Å². The number of rotatable bonds is 3. The van der Waals surface area contributed by atoms with Crippen LogP contribution in [0.2, 0.25) is 0 Å². The fourth-order valence-electron chi connectivity index (χ4n) is 4.28. The molecule has 0 bridgehead atoms. The van der Waals surface area contributed by atoms with Gasteiger partial charge in [-0.2, -0.15) is 10.4 Å². The highest BCUT2D eigenvalue weighted by atomic mass is 15.3. The second-order valence-electron chi connectivity index (χ2n) is 8.16. The van der Waals surface area contributed by atoms with Crippen molar-refractivity contribution < 1.29 is 0 Å². The predicted molar refractivity (Wildman–Crippen MR) is 123 cm³/mol. The Balaban J connectivity index is 1.74. The van der Waals surface area contributed by atoms with Crippen molar-refractivity contribution in [3.05, 3.63) is 71.9 Å². The Morgan fingerprint density at radius 3 is 2.55 bits per heavy atom. The van der Waals surface area contributed by atoms with Crippen LogP contribution < -0.4 is 10.6 Å². The van der Waals surface area contributed by atoms with Crippen LogP contribution in [0.3, 0.4) is 0 Å². The molecule has 1 atom stereocenters. The van der Waals surface area contributed by atoms with E-state index in [2.05, 4.69) is 42.2 Å². The van der Waals surface area contributed by atoms with Gasteiger partial charge in [-0.15, -0.1) is 0 Å². The topological polar surface area (TPSA) is 83.8 Å². The molecule has 5 rings (SSSR count). The van der Waals surface area contributed by atoms with Crippen LogP contribution in [-0.4, -0.2) is 33.9 Å². The van der Waals surface area contributed by atoms with Crippen LogP contribution >= 0.6 is 0 Å². The largest absolute Gasteiger partial charge is 0.353 e. The van der Waals surface area contributed by atoms with E-state index in [0.717, 1.165) is 59.6 Å². The van der Waals surface area contributed by atoms with Gasteiger partial charge in [-0.3, -0.25) is 0 Å². The first-order chi connectivity index (χ1) is 15.1. The Morgan fingerprint density at radius 1 is 1.06 bits per heavy atom. The summed E-state index contributed by atoms with van der Waals surface area (Å²) in [5.41, 5.74) is 11.9. The highest BCUT2D eigenvalue weighted by molar-refractivity contribution is 5.99. The smallest absolute Gasteiger partial charge is 0.157 e. The molecule has 0 aliphatic carbocycles. The van der Waals surface area contributed by atoms with Gasteiger partial charge in [-0.1, -0.05) is 29.8 Å². The molecule has 6 heteroatoms. The lowest BCUT2D eigenvalue weighted by Gasteiger charge is -2.31. The Hall–Kier alpha value is -3.69. The van der Waals surface area contributed by atoms with E-state index in [1.54, 1.807) is 0 Å². The van der Waals surface area contributed by atoms with Gasteiger partial charge in [-0.25, -0.2) is 9.67 Å². The Bertz CT molecular complexity index is 1260. The van der Waals surface area contributed by atoms with Crippen molar-refractivity contribution in [2.45, 2.75) is 25.8 Å². The normalized spacial score (nSPS) is 16.4. The van der Waals surface area contributed by atoms with Crippen molar-refractivity contribution in [3.63, 3.8) is 0 Å². The van der Waals surface area contributed by atoms with Gasteiger partial charge in [0.25, 0.3) is 0 Å². The monoisotopic (exact) mass is 408 g/mol. The molecule has 154 valence electrons. The fraction of sp³-hybridized carbons (Fsp3) is 0.240. The lowest BCUT2D eigenvalue weighted by molar-refractivity contribution is 0.504. The summed E-state index contributed by atoms with van der Waals surface area (Å²) in [5.74, 6) is 0.883. The highest BCUT2D eigenvalue weighted by Gasteiger charge is 2.24. The Kier molecular flexibility index (Phi) is 4.89. The summed E-state index contributed by atoms with van der Waals surface area (Å²) in [6, 6.07) is 20.4. The quantitative estimate of drug-likeness (QED) is 0.549. The van der Waals surface area contributed by atoms with Gasteiger partial charge in [0, 0.05) is 36.3 Å². The first kappa shape index (κ1) is 19.3. The molecule has 4 aromatic rings. The van der Waals surface area contributed by atoms with Crippen molar-refractivity contribution in [1.29, 1.82) is 5.26 Å². The zero-order valence-corrected chi connectivity index (χ0v) is 17.5. The molecule has 0 saturated carbocycles. The number of nitrogens with zero attached hydrogens (tertiary/aromatic N) is 5. The molecule has 1 aliphatic heterocycles. The van der Waals surface area contributed by atoms with Crippen LogP contribution in [0.25, 0.3) is 27.8 Å². The minimum atomic E-state index is 0.156. The molecule has 0 amide bonds. The van der Waals surface area contributed by atoms with Gasteiger partial charge in [0.05, 0.1) is 23.0 Å². The average molecular weight is 409 g/mol.